The second-order valence-corrected chi connectivity index (χ2v) is 8.13. The molecule has 1 fully saturated rings. The number of sulfonamides is 1. The molecule has 20 heavy (non-hydrogen) atoms. The van der Waals surface area contributed by atoms with Crippen molar-refractivity contribution in [1.82, 2.24) is 4.72 Å². The van der Waals surface area contributed by atoms with E-state index in [-0.39, 0.29) is 11.0 Å². The molecule has 1 aliphatic carbocycles. The Hall–Kier alpha value is -0.140. The van der Waals surface area contributed by atoms with E-state index in [4.69, 9.17) is 11.6 Å². The molecule has 2 N–H and O–H groups in total. The first-order chi connectivity index (χ1) is 9.38. The predicted octanol–water partition coefficient (Wildman–Crippen LogP) is 2.93. The molecule has 112 valence electrons. The van der Waals surface area contributed by atoms with Crippen molar-refractivity contribution in [2.75, 3.05) is 6.54 Å². The molecule has 0 unspecified atom stereocenters. The van der Waals surface area contributed by atoms with Crippen LogP contribution < -0.4 is 4.72 Å². The Kier molecular flexibility index (Phi) is 5.48. The van der Waals surface area contributed by atoms with Crippen LogP contribution in [0.2, 0.25) is 5.02 Å². The maximum Gasteiger partial charge on any atom is 0.240 e. The van der Waals surface area contributed by atoms with E-state index in [1.807, 2.05) is 0 Å². The number of aliphatic hydroxyl groups is 1. The van der Waals surface area contributed by atoms with Gasteiger partial charge in [-0.25, -0.2) is 13.1 Å². The zero-order chi connectivity index (χ0) is 14.8. The number of rotatable bonds is 4. The van der Waals surface area contributed by atoms with Crippen LogP contribution in [0.4, 0.5) is 0 Å². The van der Waals surface area contributed by atoms with Crippen molar-refractivity contribution in [2.24, 2.45) is 5.92 Å². The Morgan fingerprint density at radius 1 is 1.30 bits per heavy atom. The second kappa shape index (κ2) is 6.75. The van der Waals surface area contributed by atoms with Crippen LogP contribution in [-0.4, -0.2) is 26.2 Å². The normalized spacial score (nSPS) is 23.8. The molecule has 2 rings (SSSR count). The molecule has 7 heteroatoms. The fourth-order valence-electron chi connectivity index (χ4n) is 2.30. The summed E-state index contributed by atoms with van der Waals surface area (Å²) in [6.07, 6.45) is 2.98. The van der Waals surface area contributed by atoms with Crippen LogP contribution in [0.3, 0.4) is 0 Å². The number of nitrogens with one attached hydrogen (secondary N) is 1. The number of halogens is 2. The minimum Gasteiger partial charge on any atom is -0.393 e. The third kappa shape index (κ3) is 4.18. The van der Waals surface area contributed by atoms with Crippen molar-refractivity contribution in [3.05, 3.63) is 27.7 Å². The molecule has 0 heterocycles. The van der Waals surface area contributed by atoms with Crippen molar-refractivity contribution < 1.29 is 13.5 Å². The van der Waals surface area contributed by atoms with Gasteiger partial charge < -0.3 is 5.11 Å². The Balaban J connectivity index is 1.98. The summed E-state index contributed by atoms with van der Waals surface area (Å²) in [5, 5.41) is 9.91. The Morgan fingerprint density at radius 3 is 2.55 bits per heavy atom. The van der Waals surface area contributed by atoms with E-state index in [0.717, 1.165) is 25.7 Å². The van der Waals surface area contributed by atoms with Gasteiger partial charge in [-0.2, -0.15) is 0 Å². The summed E-state index contributed by atoms with van der Waals surface area (Å²) in [5.41, 5.74) is 0. The highest BCUT2D eigenvalue weighted by atomic mass is 79.9. The maximum absolute atomic E-state index is 12.2. The Morgan fingerprint density at radius 2 is 1.95 bits per heavy atom. The van der Waals surface area contributed by atoms with Crippen LogP contribution in [0.1, 0.15) is 25.7 Å². The lowest BCUT2D eigenvalue weighted by atomic mass is 9.88. The predicted molar refractivity (Wildman–Crippen MR) is 82.3 cm³/mol. The van der Waals surface area contributed by atoms with Crippen LogP contribution in [0.25, 0.3) is 0 Å². The third-order valence-electron chi connectivity index (χ3n) is 3.58. The summed E-state index contributed by atoms with van der Waals surface area (Å²) < 4.78 is 27.5. The van der Waals surface area contributed by atoms with Gasteiger partial charge in [0.1, 0.15) is 0 Å². The van der Waals surface area contributed by atoms with E-state index in [1.165, 1.54) is 12.1 Å². The van der Waals surface area contributed by atoms with Gasteiger partial charge in [-0.05, 0) is 65.7 Å². The van der Waals surface area contributed by atoms with Crippen molar-refractivity contribution in [2.45, 2.75) is 36.7 Å². The molecule has 1 saturated carbocycles. The average Bonchev–Trinajstić information content (AvgIpc) is 2.41. The molecular weight excluding hydrogens is 366 g/mol. The van der Waals surface area contributed by atoms with Crippen molar-refractivity contribution in [1.29, 1.82) is 0 Å². The van der Waals surface area contributed by atoms with Crippen molar-refractivity contribution in [3.8, 4) is 0 Å². The number of aliphatic hydroxyl groups excluding tert-OH is 1. The minimum atomic E-state index is -3.51. The molecule has 1 aromatic rings. The highest BCUT2D eigenvalue weighted by Crippen LogP contribution is 2.26. The van der Waals surface area contributed by atoms with E-state index < -0.39 is 10.0 Å². The van der Waals surface area contributed by atoms with Crippen molar-refractivity contribution in [3.63, 3.8) is 0 Å². The van der Waals surface area contributed by atoms with Gasteiger partial charge in [0, 0.05) is 11.0 Å². The molecule has 0 aliphatic heterocycles. The summed E-state index contributed by atoms with van der Waals surface area (Å²) in [5.74, 6) is 0.295. The third-order valence-corrected chi connectivity index (χ3v) is 6.21. The van der Waals surface area contributed by atoms with E-state index in [9.17, 15) is 13.5 Å². The summed E-state index contributed by atoms with van der Waals surface area (Å²) in [6.45, 7) is 0.412. The molecule has 0 radical (unpaired) electrons. The van der Waals surface area contributed by atoms with Gasteiger partial charge in [-0.3, -0.25) is 0 Å². The SMILES string of the molecule is O=S(=O)(NCC1CCC(O)CC1)c1ccc(Cl)c(Br)c1. The maximum atomic E-state index is 12.2. The number of hydrogen-bond acceptors (Lipinski definition) is 3. The lowest BCUT2D eigenvalue weighted by Crippen LogP contribution is -2.32. The smallest absolute Gasteiger partial charge is 0.240 e. The molecule has 0 bridgehead atoms. The lowest BCUT2D eigenvalue weighted by Gasteiger charge is -2.25. The zero-order valence-electron chi connectivity index (χ0n) is 10.9. The van der Waals surface area contributed by atoms with E-state index >= 15 is 0 Å². The Bertz CT molecular complexity index is 571. The number of benzene rings is 1. The molecule has 0 spiro atoms. The highest BCUT2D eigenvalue weighted by molar-refractivity contribution is 9.10. The van der Waals surface area contributed by atoms with Crippen LogP contribution in [0.15, 0.2) is 27.6 Å². The molecule has 0 amide bonds. The summed E-state index contributed by atoms with van der Waals surface area (Å²) >= 11 is 9.08. The molecule has 1 aliphatic rings. The van der Waals surface area contributed by atoms with Gasteiger partial charge in [0.2, 0.25) is 10.0 Å². The second-order valence-electron chi connectivity index (χ2n) is 5.10. The van der Waals surface area contributed by atoms with Gasteiger partial charge in [0.05, 0.1) is 16.0 Å². The van der Waals surface area contributed by atoms with Gasteiger partial charge >= 0.3 is 0 Å². The van der Waals surface area contributed by atoms with Gasteiger partial charge in [-0.15, -0.1) is 0 Å². The number of hydrogen-bond donors (Lipinski definition) is 2. The molecule has 1 aromatic carbocycles. The molecular formula is C13H17BrClNO3S. The summed E-state index contributed by atoms with van der Waals surface area (Å²) in [7, 11) is -3.51. The fourth-order valence-corrected chi connectivity index (χ4v) is 4.09. The van der Waals surface area contributed by atoms with Gasteiger partial charge in [0.15, 0.2) is 0 Å². The first kappa shape index (κ1) is 16.2. The minimum absolute atomic E-state index is 0.199. The summed E-state index contributed by atoms with van der Waals surface area (Å²) in [6, 6.07) is 4.53. The topological polar surface area (TPSA) is 66.4 Å². The van der Waals surface area contributed by atoms with Gasteiger partial charge in [-0.1, -0.05) is 11.6 Å². The van der Waals surface area contributed by atoms with Crippen molar-refractivity contribution >= 4 is 37.6 Å². The lowest BCUT2D eigenvalue weighted by molar-refractivity contribution is 0.109. The zero-order valence-corrected chi connectivity index (χ0v) is 14.0. The van der Waals surface area contributed by atoms with E-state index in [2.05, 4.69) is 20.7 Å². The molecule has 0 saturated heterocycles. The van der Waals surface area contributed by atoms with E-state index in [0.29, 0.717) is 22.0 Å². The quantitative estimate of drug-likeness (QED) is 0.841. The van der Waals surface area contributed by atoms with Crippen LogP contribution in [0.5, 0.6) is 0 Å². The highest BCUT2D eigenvalue weighted by Gasteiger charge is 2.22. The Labute approximate surface area is 132 Å². The average molecular weight is 383 g/mol. The van der Waals surface area contributed by atoms with E-state index in [1.54, 1.807) is 6.07 Å². The first-order valence-electron chi connectivity index (χ1n) is 6.51. The van der Waals surface area contributed by atoms with Crippen LogP contribution in [0, 0.1) is 5.92 Å². The standard InChI is InChI=1S/C13H17BrClNO3S/c14-12-7-11(5-6-13(12)15)20(18,19)16-8-9-1-3-10(17)4-2-9/h5-7,9-10,16-17H,1-4,8H2. The molecule has 0 aromatic heterocycles. The largest absolute Gasteiger partial charge is 0.393 e. The summed E-state index contributed by atoms with van der Waals surface area (Å²) in [4.78, 5) is 0.199. The van der Waals surface area contributed by atoms with Crippen LogP contribution in [-0.2, 0) is 10.0 Å². The molecule has 0 atom stereocenters. The fraction of sp³-hybridized carbons (Fsp3) is 0.538. The first-order valence-corrected chi connectivity index (χ1v) is 9.16. The van der Waals surface area contributed by atoms with Gasteiger partial charge in [0.25, 0.3) is 0 Å². The monoisotopic (exact) mass is 381 g/mol. The molecule has 4 nitrogen and oxygen atoms in total. The van der Waals surface area contributed by atoms with Crippen LogP contribution >= 0.6 is 27.5 Å².